The summed E-state index contributed by atoms with van der Waals surface area (Å²) < 4.78 is 48.6. The Morgan fingerprint density at radius 2 is 1.50 bits per heavy atom. The SMILES string of the molecule is F[B-](F)(F)c1ccccc1OCOCc1ccccc1. The normalized spacial score (nSPS) is 11.3. The van der Waals surface area contributed by atoms with Crippen LogP contribution in [0.2, 0.25) is 0 Å². The van der Waals surface area contributed by atoms with Gasteiger partial charge in [-0.05, 0) is 11.6 Å². The lowest BCUT2D eigenvalue weighted by Gasteiger charge is -2.19. The zero-order valence-electron chi connectivity index (χ0n) is 10.6. The summed E-state index contributed by atoms with van der Waals surface area (Å²) in [5.74, 6) is -0.201. The third kappa shape index (κ3) is 4.03. The van der Waals surface area contributed by atoms with Crippen molar-refractivity contribution in [2.24, 2.45) is 0 Å². The molecule has 2 rings (SSSR count). The molecule has 6 heteroatoms. The van der Waals surface area contributed by atoms with Crippen molar-refractivity contribution in [1.29, 1.82) is 0 Å². The first-order valence-electron chi connectivity index (χ1n) is 6.11. The summed E-state index contributed by atoms with van der Waals surface area (Å²) in [5, 5.41) is 0. The van der Waals surface area contributed by atoms with Crippen LogP contribution >= 0.6 is 0 Å². The van der Waals surface area contributed by atoms with Gasteiger partial charge in [-0.1, -0.05) is 54.0 Å². The highest BCUT2D eigenvalue weighted by Crippen LogP contribution is 2.17. The van der Waals surface area contributed by atoms with E-state index in [-0.39, 0.29) is 12.5 Å². The van der Waals surface area contributed by atoms with Gasteiger partial charge >= 0.3 is 6.98 Å². The molecule has 0 aliphatic heterocycles. The van der Waals surface area contributed by atoms with Gasteiger partial charge in [0.15, 0.2) is 6.79 Å². The van der Waals surface area contributed by atoms with Gasteiger partial charge in [-0.3, -0.25) is 0 Å². The smallest absolute Gasteiger partial charge is 0.471 e. The summed E-state index contributed by atoms with van der Waals surface area (Å²) in [4.78, 5) is 0. The molecule has 0 aromatic heterocycles. The second-order valence-electron chi connectivity index (χ2n) is 4.21. The summed E-state index contributed by atoms with van der Waals surface area (Å²) in [5.41, 5.74) is 0.195. The minimum Gasteiger partial charge on any atom is -0.471 e. The van der Waals surface area contributed by atoms with Crippen molar-refractivity contribution in [2.45, 2.75) is 6.61 Å². The Morgan fingerprint density at radius 1 is 0.850 bits per heavy atom. The molecule has 2 nitrogen and oxygen atoms in total. The van der Waals surface area contributed by atoms with Crippen molar-refractivity contribution < 1.29 is 22.4 Å². The van der Waals surface area contributed by atoms with E-state index in [2.05, 4.69) is 0 Å². The van der Waals surface area contributed by atoms with Gasteiger partial charge in [-0.2, -0.15) is 0 Å². The standard InChI is InChI=1S/C14H13BF3O2/c16-15(17,18)13-8-4-5-9-14(13)20-11-19-10-12-6-2-1-3-7-12/h1-9H,10-11H2/q-1. The molecule has 0 unspecified atom stereocenters. The lowest BCUT2D eigenvalue weighted by Crippen LogP contribution is -2.35. The number of halogens is 3. The van der Waals surface area contributed by atoms with Crippen LogP contribution in [0.3, 0.4) is 0 Å². The highest BCUT2D eigenvalue weighted by atomic mass is 19.4. The first kappa shape index (κ1) is 14.5. The molecule has 106 valence electrons. The topological polar surface area (TPSA) is 18.5 Å². The third-order valence-electron chi connectivity index (χ3n) is 2.68. The zero-order valence-corrected chi connectivity index (χ0v) is 10.6. The maximum Gasteiger partial charge on any atom is 0.513 e. The van der Waals surface area contributed by atoms with Crippen LogP contribution in [0.15, 0.2) is 54.6 Å². The second-order valence-corrected chi connectivity index (χ2v) is 4.21. The first-order chi connectivity index (χ1) is 9.57. The van der Waals surface area contributed by atoms with Crippen LogP contribution in [0.1, 0.15) is 5.56 Å². The molecule has 0 fully saturated rings. The fourth-order valence-corrected chi connectivity index (χ4v) is 1.72. The van der Waals surface area contributed by atoms with Gasteiger partial charge < -0.3 is 22.4 Å². The summed E-state index contributed by atoms with van der Waals surface area (Å²) >= 11 is 0. The predicted octanol–water partition coefficient (Wildman–Crippen LogP) is 3.29. The van der Waals surface area contributed by atoms with E-state index in [1.807, 2.05) is 30.3 Å². The quantitative estimate of drug-likeness (QED) is 0.459. The van der Waals surface area contributed by atoms with E-state index in [0.29, 0.717) is 6.61 Å². The number of benzene rings is 2. The molecular weight excluding hydrogens is 268 g/mol. The van der Waals surface area contributed by atoms with E-state index < -0.39 is 12.4 Å². The van der Waals surface area contributed by atoms with E-state index in [1.54, 1.807) is 0 Å². The highest BCUT2D eigenvalue weighted by Gasteiger charge is 2.28. The van der Waals surface area contributed by atoms with Crippen molar-refractivity contribution in [3.05, 3.63) is 60.2 Å². The number of ether oxygens (including phenoxy) is 2. The Labute approximate surface area is 115 Å². The van der Waals surface area contributed by atoms with Crippen LogP contribution in [0, 0.1) is 0 Å². The molecule has 0 spiro atoms. The van der Waals surface area contributed by atoms with Crippen LogP contribution in [0.4, 0.5) is 12.9 Å². The fraction of sp³-hybridized carbons (Fsp3) is 0.143. The van der Waals surface area contributed by atoms with Gasteiger partial charge in [0, 0.05) is 0 Å². The average Bonchev–Trinajstić information content (AvgIpc) is 2.44. The lowest BCUT2D eigenvalue weighted by molar-refractivity contribution is 0.00548. The van der Waals surface area contributed by atoms with Crippen molar-refractivity contribution in [3.63, 3.8) is 0 Å². The molecule has 20 heavy (non-hydrogen) atoms. The van der Waals surface area contributed by atoms with Crippen LogP contribution in [0.25, 0.3) is 0 Å². The molecule has 0 saturated heterocycles. The van der Waals surface area contributed by atoms with Gasteiger partial charge in [0.25, 0.3) is 0 Å². The Balaban J connectivity index is 1.89. The summed E-state index contributed by atoms with van der Waals surface area (Å²) in [6, 6.07) is 14.5. The molecule has 0 aliphatic carbocycles. The summed E-state index contributed by atoms with van der Waals surface area (Å²) in [7, 11) is 0. The number of para-hydroxylation sites is 1. The third-order valence-corrected chi connectivity index (χ3v) is 2.68. The Hall–Kier alpha value is -1.95. The largest absolute Gasteiger partial charge is 0.513 e. The number of hydrogen-bond donors (Lipinski definition) is 0. The van der Waals surface area contributed by atoms with Crippen LogP contribution in [-0.2, 0) is 11.3 Å². The number of hydrogen-bond acceptors (Lipinski definition) is 2. The van der Waals surface area contributed by atoms with Crippen LogP contribution in [0.5, 0.6) is 5.75 Å². The Morgan fingerprint density at radius 3 is 2.20 bits per heavy atom. The maximum atomic E-state index is 12.8. The zero-order chi connectivity index (χ0) is 14.4. The van der Waals surface area contributed by atoms with Gasteiger partial charge in [0.1, 0.15) is 0 Å². The minimum atomic E-state index is -5.09. The summed E-state index contributed by atoms with van der Waals surface area (Å²) in [6.07, 6.45) is 0. The highest BCUT2D eigenvalue weighted by molar-refractivity contribution is 6.74. The van der Waals surface area contributed by atoms with Gasteiger partial charge in [0.2, 0.25) is 0 Å². The molecule has 0 heterocycles. The van der Waals surface area contributed by atoms with Crippen LogP contribution < -0.4 is 10.2 Å². The van der Waals surface area contributed by atoms with E-state index in [9.17, 15) is 12.9 Å². The van der Waals surface area contributed by atoms with E-state index in [0.717, 1.165) is 11.6 Å². The molecule has 0 atom stereocenters. The van der Waals surface area contributed by atoms with Crippen LogP contribution in [-0.4, -0.2) is 13.8 Å². The minimum absolute atomic E-state index is 0.201. The molecule has 0 amide bonds. The molecule has 2 aromatic rings. The van der Waals surface area contributed by atoms with Crippen molar-refractivity contribution >= 4 is 12.4 Å². The Bertz CT molecular complexity index is 544. The molecule has 0 saturated carbocycles. The van der Waals surface area contributed by atoms with E-state index in [1.165, 1.54) is 18.2 Å². The molecule has 0 aliphatic rings. The lowest BCUT2D eigenvalue weighted by atomic mass is 9.79. The van der Waals surface area contributed by atoms with Gasteiger partial charge in [-0.25, -0.2) is 0 Å². The monoisotopic (exact) mass is 281 g/mol. The second kappa shape index (κ2) is 6.48. The maximum absolute atomic E-state index is 12.8. The van der Waals surface area contributed by atoms with Crippen molar-refractivity contribution in [2.75, 3.05) is 6.79 Å². The van der Waals surface area contributed by atoms with Crippen molar-refractivity contribution in [3.8, 4) is 5.75 Å². The molecule has 0 N–H and O–H groups in total. The number of rotatable bonds is 6. The average molecular weight is 281 g/mol. The molecule has 0 radical (unpaired) electrons. The molecule has 0 bridgehead atoms. The fourth-order valence-electron chi connectivity index (χ4n) is 1.72. The van der Waals surface area contributed by atoms with E-state index in [4.69, 9.17) is 9.47 Å². The Kier molecular flexibility index (Phi) is 4.68. The van der Waals surface area contributed by atoms with Gasteiger partial charge in [-0.15, -0.1) is 0 Å². The summed E-state index contributed by atoms with van der Waals surface area (Å²) in [6.45, 7) is -5.02. The molecular formula is C14H13BF3O2-. The van der Waals surface area contributed by atoms with E-state index >= 15 is 0 Å². The first-order valence-corrected chi connectivity index (χ1v) is 6.11. The van der Waals surface area contributed by atoms with Crippen molar-refractivity contribution in [1.82, 2.24) is 0 Å². The molecule has 2 aromatic carbocycles. The van der Waals surface area contributed by atoms with Gasteiger partial charge in [0.05, 0.1) is 12.4 Å². The predicted molar refractivity (Wildman–Crippen MR) is 71.9 cm³/mol.